The monoisotopic (exact) mass is 322 g/mol. The van der Waals surface area contributed by atoms with Crippen molar-refractivity contribution in [2.45, 2.75) is 46.1 Å². The number of ether oxygens (including phenoxy) is 1. The van der Waals surface area contributed by atoms with Gasteiger partial charge < -0.3 is 9.64 Å². The minimum absolute atomic E-state index is 0.343. The fraction of sp³-hybridized carbons (Fsp3) is 0.529. The van der Waals surface area contributed by atoms with Crippen molar-refractivity contribution < 1.29 is 18.7 Å². The third-order valence-corrected chi connectivity index (χ3v) is 3.79. The van der Waals surface area contributed by atoms with Crippen molar-refractivity contribution in [3.63, 3.8) is 0 Å². The van der Waals surface area contributed by atoms with Crippen LogP contribution >= 0.6 is 0 Å². The lowest BCUT2D eigenvalue weighted by Gasteiger charge is -2.34. The molecule has 126 valence electrons. The molecule has 1 fully saturated rings. The van der Waals surface area contributed by atoms with Crippen molar-refractivity contribution in [2.75, 3.05) is 18.0 Å². The summed E-state index contributed by atoms with van der Waals surface area (Å²) in [6, 6.07) is 4.39. The maximum Gasteiger partial charge on any atom is 0.423 e. The molecule has 1 aromatic carbocycles. The number of anilines is 1. The van der Waals surface area contributed by atoms with E-state index >= 15 is 0 Å². The highest BCUT2D eigenvalue weighted by Crippen LogP contribution is 2.27. The number of carbonyl (C=O) groups excluding carboxylic acids is 2. The molecule has 1 aliphatic rings. The van der Waals surface area contributed by atoms with Crippen LogP contribution in [0.1, 0.15) is 39.2 Å². The number of nitrogens with zero attached hydrogens (tertiary/aromatic N) is 2. The Labute approximate surface area is 136 Å². The maximum absolute atomic E-state index is 13.5. The number of amides is 2. The summed E-state index contributed by atoms with van der Waals surface area (Å²) in [6.45, 7) is 8.32. The van der Waals surface area contributed by atoms with Gasteiger partial charge in [0.2, 0.25) is 0 Å². The van der Waals surface area contributed by atoms with Crippen LogP contribution in [0.25, 0.3) is 0 Å². The molecule has 1 heterocycles. The van der Waals surface area contributed by atoms with Gasteiger partial charge in [-0.2, -0.15) is 0 Å². The molecule has 5 nitrogen and oxygen atoms in total. The molecular weight excluding hydrogens is 299 g/mol. The Hall–Kier alpha value is -2.11. The predicted octanol–water partition coefficient (Wildman–Crippen LogP) is 4.09. The third-order valence-electron chi connectivity index (χ3n) is 3.79. The Bertz CT molecular complexity index is 604. The second-order valence-electron chi connectivity index (χ2n) is 6.77. The quantitative estimate of drug-likeness (QED) is 0.732. The maximum atomic E-state index is 13.5. The molecule has 2 rings (SSSR count). The van der Waals surface area contributed by atoms with E-state index in [2.05, 4.69) is 0 Å². The average Bonchev–Trinajstić information content (AvgIpc) is 2.95. The van der Waals surface area contributed by atoms with Crippen LogP contribution in [0.5, 0.6) is 0 Å². The van der Waals surface area contributed by atoms with Gasteiger partial charge >= 0.3 is 12.2 Å². The van der Waals surface area contributed by atoms with E-state index in [0.29, 0.717) is 24.3 Å². The molecule has 0 aliphatic carbocycles. The van der Waals surface area contributed by atoms with Crippen LogP contribution in [0.3, 0.4) is 0 Å². The summed E-state index contributed by atoms with van der Waals surface area (Å²) >= 11 is 0. The first-order chi connectivity index (χ1) is 10.7. The summed E-state index contributed by atoms with van der Waals surface area (Å²) in [5.41, 5.74) is 0.304. The number of likely N-dealkylation sites (tertiary alicyclic amines) is 1. The third kappa shape index (κ3) is 4.00. The standard InChI is InChI=1S/C17H23FN2O3/c1-12-11-13(7-8-14(12)18)20(17(2,3)4)16(22)23-15(21)19-9-5-6-10-19/h7-8,11H,5-6,9-10H2,1-4H3. The van der Waals surface area contributed by atoms with Gasteiger partial charge in [-0.3, -0.25) is 4.90 Å². The van der Waals surface area contributed by atoms with Crippen LogP contribution in [0.4, 0.5) is 19.7 Å². The Balaban J connectivity index is 2.22. The van der Waals surface area contributed by atoms with Crippen molar-refractivity contribution in [3.05, 3.63) is 29.6 Å². The largest absolute Gasteiger partial charge is 0.423 e. The summed E-state index contributed by atoms with van der Waals surface area (Å²) in [6.07, 6.45) is 0.466. The van der Waals surface area contributed by atoms with Crippen molar-refractivity contribution in [3.8, 4) is 0 Å². The molecular formula is C17H23FN2O3. The number of hydrogen-bond acceptors (Lipinski definition) is 3. The summed E-state index contributed by atoms with van der Waals surface area (Å²) in [7, 11) is 0. The van der Waals surface area contributed by atoms with Gasteiger partial charge in [0, 0.05) is 24.3 Å². The molecule has 1 aromatic rings. The molecule has 0 spiro atoms. The summed E-state index contributed by atoms with van der Waals surface area (Å²) < 4.78 is 18.5. The van der Waals surface area contributed by atoms with Gasteiger partial charge in [0.15, 0.2) is 0 Å². The topological polar surface area (TPSA) is 49.9 Å². The smallest absolute Gasteiger partial charge is 0.359 e. The molecule has 1 saturated heterocycles. The van der Waals surface area contributed by atoms with Crippen LogP contribution in [0, 0.1) is 12.7 Å². The highest BCUT2D eigenvalue weighted by atomic mass is 19.1. The lowest BCUT2D eigenvalue weighted by Crippen LogP contribution is -2.48. The molecule has 0 unspecified atom stereocenters. The van der Waals surface area contributed by atoms with Crippen molar-refractivity contribution in [1.82, 2.24) is 4.90 Å². The number of aryl methyl sites for hydroxylation is 1. The first-order valence-corrected chi connectivity index (χ1v) is 7.77. The second kappa shape index (κ2) is 6.56. The molecule has 0 aromatic heterocycles. The summed E-state index contributed by atoms with van der Waals surface area (Å²) in [5.74, 6) is -0.343. The average molecular weight is 322 g/mol. The molecule has 23 heavy (non-hydrogen) atoms. The van der Waals surface area contributed by atoms with E-state index in [1.807, 2.05) is 20.8 Å². The predicted molar refractivity (Wildman–Crippen MR) is 86.1 cm³/mol. The Morgan fingerprint density at radius 2 is 1.83 bits per heavy atom. The zero-order valence-electron chi connectivity index (χ0n) is 14.1. The van der Waals surface area contributed by atoms with E-state index in [1.165, 1.54) is 21.9 Å². The summed E-state index contributed by atoms with van der Waals surface area (Å²) in [5, 5.41) is 0. The van der Waals surface area contributed by atoms with Crippen LogP contribution in [-0.4, -0.2) is 35.7 Å². The highest BCUT2D eigenvalue weighted by Gasteiger charge is 2.33. The van der Waals surface area contributed by atoms with Gasteiger partial charge in [0.25, 0.3) is 0 Å². The molecule has 0 radical (unpaired) electrons. The molecule has 6 heteroatoms. The summed E-state index contributed by atoms with van der Waals surface area (Å²) in [4.78, 5) is 27.4. The number of carbonyl (C=O) groups is 2. The van der Waals surface area contributed by atoms with Crippen LogP contribution < -0.4 is 4.90 Å². The van der Waals surface area contributed by atoms with E-state index in [0.717, 1.165) is 12.8 Å². The first-order valence-electron chi connectivity index (χ1n) is 7.77. The van der Waals surface area contributed by atoms with Crippen LogP contribution in [-0.2, 0) is 4.74 Å². The van der Waals surface area contributed by atoms with Crippen molar-refractivity contribution in [2.24, 2.45) is 0 Å². The molecule has 1 aliphatic heterocycles. The number of hydrogen-bond donors (Lipinski definition) is 0. The first kappa shape index (κ1) is 17.2. The fourth-order valence-electron chi connectivity index (χ4n) is 2.62. The van der Waals surface area contributed by atoms with Gasteiger partial charge in [-0.25, -0.2) is 14.0 Å². The fourth-order valence-corrected chi connectivity index (χ4v) is 2.62. The molecule has 0 atom stereocenters. The van der Waals surface area contributed by atoms with E-state index in [9.17, 15) is 14.0 Å². The van der Waals surface area contributed by atoms with Gasteiger partial charge in [-0.05, 0) is 64.3 Å². The van der Waals surface area contributed by atoms with Gasteiger partial charge in [0.1, 0.15) is 5.82 Å². The van der Waals surface area contributed by atoms with Gasteiger partial charge in [0.05, 0.1) is 0 Å². The number of benzene rings is 1. The van der Waals surface area contributed by atoms with Crippen LogP contribution in [0.15, 0.2) is 18.2 Å². The van der Waals surface area contributed by atoms with E-state index in [1.54, 1.807) is 13.0 Å². The number of halogens is 1. The van der Waals surface area contributed by atoms with Gasteiger partial charge in [-0.1, -0.05) is 0 Å². The lowest BCUT2D eigenvalue weighted by molar-refractivity contribution is 0.125. The molecule has 0 bridgehead atoms. The number of rotatable bonds is 1. The van der Waals surface area contributed by atoms with Crippen LogP contribution in [0.2, 0.25) is 0 Å². The van der Waals surface area contributed by atoms with E-state index in [4.69, 9.17) is 4.74 Å². The Kier molecular flexibility index (Phi) is 4.92. The zero-order valence-corrected chi connectivity index (χ0v) is 14.1. The normalized spacial score (nSPS) is 14.7. The zero-order chi connectivity index (χ0) is 17.2. The highest BCUT2D eigenvalue weighted by molar-refractivity contribution is 5.95. The second-order valence-corrected chi connectivity index (χ2v) is 6.77. The minimum Gasteiger partial charge on any atom is -0.359 e. The SMILES string of the molecule is Cc1cc(N(C(=O)OC(=O)N2CCCC2)C(C)(C)C)ccc1F. The molecule has 0 N–H and O–H groups in total. The van der Waals surface area contributed by atoms with Crippen molar-refractivity contribution in [1.29, 1.82) is 0 Å². The lowest BCUT2D eigenvalue weighted by atomic mass is 10.0. The Morgan fingerprint density at radius 3 is 2.35 bits per heavy atom. The van der Waals surface area contributed by atoms with Gasteiger partial charge in [-0.15, -0.1) is 0 Å². The molecule has 2 amide bonds. The van der Waals surface area contributed by atoms with E-state index < -0.39 is 17.7 Å². The van der Waals surface area contributed by atoms with E-state index in [-0.39, 0.29) is 5.82 Å². The Morgan fingerprint density at radius 1 is 1.22 bits per heavy atom. The minimum atomic E-state index is -0.750. The van der Waals surface area contributed by atoms with Crippen molar-refractivity contribution >= 4 is 17.9 Å². The molecule has 0 saturated carbocycles.